The number of hydrogen-bond donors (Lipinski definition) is 2. The first kappa shape index (κ1) is 25.0. The molecule has 0 aliphatic carbocycles. The first-order chi connectivity index (χ1) is 16.2. The van der Waals surface area contributed by atoms with Gasteiger partial charge < -0.3 is 24.8 Å². The van der Waals surface area contributed by atoms with Crippen molar-refractivity contribution in [1.29, 1.82) is 0 Å². The molecule has 9 heteroatoms. The van der Waals surface area contributed by atoms with Crippen LogP contribution in [0.25, 0.3) is 0 Å². The molecule has 3 rings (SSSR count). The molecule has 2 N–H and O–H groups in total. The zero-order chi connectivity index (χ0) is 24.7. The van der Waals surface area contributed by atoms with Crippen molar-refractivity contribution >= 4 is 29.5 Å². The van der Waals surface area contributed by atoms with Gasteiger partial charge in [0, 0.05) is 19.5 Å². The number of benzene rings is 2. The van der Waals surface area contributed by atoms with Gasteiger partial charge in [-0.15, -0.1) is 0 Å². The highest BCUT2D eigenvalue weighted by Gasteiger charge is 2.38. The summed E-state index contributed by atoms with van der Waals surface area (Å²) in [6.07, 6.45) is -2.66. The normalized spacial score (nSPS) is 14.7. The molecule has 1 aliphatic rings. The Kier molecular flexibility index (Phi) is 8.12. The van der Waals surface area contributed by atoms with E-state index < -0.39 is 29.7 Å². The van der Waals surface area contributed by atoms with Crippen LogP contribution in [-0.2, 0) is 20.7 Å². The molecule has 2 aromatic carbocycles. The van der Waals surface area contributed by atoms with E-state index in [1.807, 2.05) is 18.2 Å². The van der Waals surface area contributed by atoms with E-state index in [1.54, 1.807) is 57.2 Å². The van der Waals surface area contributed by atoms with E-state index in [0.29, 0.717) is 42.5 Å². The second-order valence-electron chi connectivity index (χ2n) is 8.94. The maximum absolute atomic E-state index is 13.5. The van der Waals surface area contributed by atoms with E-state index in [1.165, 1.54) is 0 Å². The maximum atomic E-state index is 13.5. The third-order valence-corrected chi connectivity index (χ3v) is 5.20. The Hall–Kier alpha value is -3.59. The highest BCUT2D eigenvalue weighted by Crippen LogP contribution is 2.27. The quantitative estimate of drug-likeness (QED) is 0.659. The molecule has 0 bridgehead atoms. The van der Waals surface area contributed by atoms with Gasteiger partial charge in [0.15, 0.2) is 0 Å². The number of anilines is 2. The summed E-state index contributed by atoms with van der Waals surface area (Å²) in [6, 6.07) is 14.9. The Morgan fingerprint density at radius 2 is 1.68 bits per heavy atom. The topological polar surface area (TPSA) is 108 Å². The van der Waals surface area contributed by atoms with Crippen molar-refractivity contribution in [3.63, 3.8) is 0 Å². The number of morpholine rings is 1. The molecule has 2 aromatic rings. The lowest BCUT2D eigenvalue weighted by Gasteiger charge is -2.32. The first-order valence-electron chi connectivity index (χ1n) is 11.2. The number of carbonyl (C=O) groups excluding carboxylic acids is 2. The monoisotopic (exact) mass is 469 g/mol. The molecule has 0 radical (unpaired) electrons. The predicted octanol–water partition coefficient (Wildman–Crippen LogP) is 3.99. The molecule has 0 spiro atoms. The lowest BCUT2D eigenvalue weighted by Crippen LogP contribution is -2.52. The van der Waals surface area contributed by atoms with E-state index in [2.05, 4.69) is 10.2 Å². The van der Waals surface area contributed by atoms with Gasteiger partial charge in [-0.1, -0.05) is 42.5 Å². The minimum absolute atomic E-state index is 0.00205. The van der Waals surface area contributed by atoms with Crippen molar-refractivity contribution in [2.75, 3.05) is 36.5 Å². The number of nitrogens with one attached hydrogen (secondary N) is 1. The Morgan fingerprint density at radius 3 is 2.29 bits per heavy atom. The highest BCUT2D eigenvalue weighted by atomic mass is 16.6. The number of nitrogens with zero attached hydrogens (tertiary/aromatic N) is 2. The van der Waals surface area contributed by atoms with Gasteiger partial charge in [0.05, 0.1) is 24.6 Å². The van der Waals surface area contributed by atoms with Crippen LogP contribution < -0.4 is 10.2 Å². The standard InChI is InChI=1S/C25H31N3O6/c1-25(2,3)34-24(32)28(23(30)31)21(17-18-9-5-4-6-10-18)22(29)26-19-11-7-8-12-20(19)27-13-15-33-16-14-27/h4-12,21H,13-17H2,1-3H3,(H,26,29)(H,30,31). The fourth-order valence-corrected chi connectivity index (χ4v) is 3.66. The fraction of sp³-hybridized carbons (Fsp3) is 0.400. The summed E-state index contributed by atoms with van der Waals surface area (Å²) in [5, 5.41) is 12.7. The lowest BCUT2D eigenvalue weighted by molar-refractivity contribution is -0.120. The molecule has 0 saturated carbocycles. The van der Waals surface area contributed by atoms with Crippen LogP contribution in [0.3, 0.4) is 0 Å². The molecule has 9 nitrogen and oxygen atoms in total. The smallest absolute Gasteiger partial charge is 0.420 e. The average Bonchev–Trinajstić information content (AvgIpc) is 2.79. The van der Waals surface area contributed by atoms with Crippen molar-refractivity contribution in [3.05, 3.63) is 60.2 Å². The van der Waals surface area contributed by atoms with Crippen LogP contribution in [0.4, 0.5) is 21.0 Å². The third-order valence-electron chi connectivity index (χ3n) is 5.20. The van der Waals surface area contributed by atoms with Crippen LogP contribution in [0.1, 0.15) is 26.3 Å². The van der Waals surface area contributed by atoms with Gasteiger partial charge in [-0.05, 0) is 38.5 Å². The number of ether oxygens (including phenoxy) is 2. The summed E-state index contributed by atoms with van der Waals surface area (Å²) in [7, 11) is 0. The summed E-state index contributed by atoms with van der Waals surface area (Å²) < 4.78 is 10.7. The summed E-state index contributed by atoms with van der Waals surface area (Å²) in [5.41, 5.74) is 1.11. The average molecular weight is 470 g/mol. The van der Waals surface area contributed by atoms with Crippen molar-refractivity contribution < 1.29 is 29.0 Å². The van der Waals surface area contributed by atoms with E-state index in [-0.39, 0.29) is 6.42 Å². The largest absolute Gasteiger partial charge is 0.464 e. The molecule has 0 aromatic heterocycles. The Bertz CT molecular complexity index is 999. The number of carbonyl (C=O) groups is 3. The van der Waals surface area contributed by atoms with Crippen LogP contribution in [0, 0.1) is 0 Å². The number of carboxylic acid groups (broad SMARTS) is 1. The van der Waals surface area contributed by atoms with Gasteiger partial charge in [0.2, 0.25) is 5.91 Å². The highest BCUT2D eigenvalue weighted by molar-refractivity contribution is 6.02. The first-order valence-corrected chi connectivity index (χ1v) is 11.2. The van der Waals surface area contributed by atoms with Crippen LogP contribution >= 0.6 is 0 Å². The SMILES string of the molecule is CC(C)(C)OC(=O)N(C(=O)O)C(Cc1ccccc1)C(=O)Nc1ccccc1N1CCOCC1. The van der Waals surface area contributed by atoms with Gasteiger partial charge in [-0.3, -0.25) is 4.79 Å². The molecule has 1 heterocycles. The minimum atomic E-state index is -1.56. The third kappa shape index (κ3) is 6.71. The van der Waals surface area contributed by atoms with Crippen molar-refractivity contribution in [3.8, 4) is 0 Å². The van der Waals surface area contributed by atoms with Gasteiger partial charge in [0.1, 0.15) is 11.6 Å². The Balaban J connectivity index is 1.92. The maximum Gasteiger partial charge on any atom is 0.420 e. The minimum Gasteiger partial charge on any atom is -0.464 e. The second-order valence-corrected chi connectivity index (χ2v) is 8.94. The molecule has 34 heavy (non-hydrogen) atoms. The van der Waals surface area contributed by atoms with Crippen LogP contribution in [0.2, 0.25) is 0 Å². The van der Waals surface area contributed by atoms with E-state index >= 15 is 0 Å². The summed E-state index contributed by atoms with van der Waals surface area (Å²) in [5.74, 6) is -0.627. The molecule has 182 valence electrons. The molecule has 1 aliphatic heterocycles. The van der Waals surface area contributed by atoms with Crippen molar-refractivity contribution in [1.82, 2.24) is 4.90 Å². The van der Waals surface area contributed by atoms with Crippen LogP contribution in [-0.4, -0.2) is 66.0 Å². The molecule has 3 amide bonds. The zero-order valence-corrected chi connectivity index (χ0v) is 19.7. The summed E-state index contributed by atoms with van der Waals surface area (Å²) in [6.45, 7) is 7.38. The Labute approximate surface area is 199 Å². The predicted molar refractivity (Wildman–Crippen MR) is 128 cm³/mol. The van der Waals surface area contributed by atoms with Gasteiger partial charge in [-0.25, -0.2) is 9.59 Å². The van der Waals surface area contributed by atoms with Crippen LogP contribution in [0.15, 0.2) is 54.6 Å². The van der Waals surface area contributed by atoms with E-state index in [4.69, 9.17) is 9.47 Å². The molecule has 1 fully saturated rings. The Morgan fingerprint density at radius 1 is 1.06 bits per heavy atom. The van der Waals surface area contributed by atoms with E-state index in [9.17, 15) is 19.5 Å². The summed E-state index contributed by atoms with van der Waals surface area (Å²) >= 11 is 0. The molecule has 1 saturated heterocycles. The molecule has 1 atom stereocenters. The van der Waals surface area contributed by atoms with Crippen LogP contribution in [0.5, 0.6) is 0 Å². The zero-order valence-electron chi connectivity index (χ0n) is 19.7. The molecular formula is C25H31N3O6. The number of para-hydroxylation sites is 2. The second kappa shape index (κ2) is 11.0. The molecular weight excluding hydrogens is 438 g/mol. The fourth-order valence-electron chi connectivity index (χ4n) is 3.66. The van der Waals surface area contributed by atoms with Crippen molar-refractivity contribution in [2.24, 2.45) is 0 Å². The number of rotatable bonds is 6. The molecule has 1 unspecified atom stereocenters. The number of hydrogen-bond acceptors (Lipinski definition) is 6. The van der Waals surface area contributed by atoms with Gasteiger partial charge in [0.25, 0.3) is 0 Å². The number of amides is 3. The van der Waals surface area contributed by atoms with Crippen molar-refractivity contribution in [2.45, 2.75) is 38.8 Å². The van der Waals surface area contributed by atoms with Gasteiger partial charge >= 0.3 is 12.2 Å². The lowest BCUT2D eigenvalue weighted by atomic mass is 10.0. The van der Waals surface area contributed by atoms with E-state index in [0.717, 1.165) is 5.69 Å². The van der Waals surface area contributed by atoms with Gasteiger partial charge in [-0.2, -0.15) is 4.90 Å². The number of imide groups is 1. The summed E-state index contributed by atoms with van der Waals surface area (Å²) in [4.78, 5) is 41.0.